The van der Waals surface area contributed by atoms with Crippen molar-refractivity contribution < 1.29 is 9.47 Å². The molecule has 1 aromatic rings. The van der Waals surface area contributed by atoms with E-state index >= 15 is 0 Å². The zero-order valence-corrected chi connectivity index (χ0v) is 8.85. The summed E-state index contributed by atoms with van der Waals surface area (Å²) in [5.41, 5.74) is 0.947. The summed E-state index contributed by atoms with van der Waals surface area (Å²) >= 11 is 5.19. The van der Waals surface area contributed by atoms with Crippen molar-refractivity contribution in [2.24, 2.45) is 0 Å². The maximum absolute atomic E-state index is 5.20. The van der Waals surface area contributed by atoms with Gasteiger partial charge in [-0.15, -0.1) is 0 Å². The highest BCUT2D eigenvalue weighted by Gasteiger charge is 2.13. The fraction of sp³-hybridized carbons (Fsp3) is 0.400. The second kappa shape index (κ2) is 4.42. The average molecular weight is 197 g/mol. The van der Waals surface area contributed by atoms with Gasteiger partial charge in [0.2, 0.25) is 0 Å². The van der Waals surface area contributed by atoms with Gasteiger partial charge in [0.25, 0.3) is 0 Å². The molecular weight excluding hydrogens is 184 g/mol. The highest BCUT2D eigenvalue weighted by Crippen LogP contribution is 2.36. The Hall–Kier alpha value is -0.830. The summed E-state index contributed by atoms with van der Waals surface area (Å²) < 4.78 is 10.4. The van der Waals surface area contributed by atoms with Gasteiger partial charge in [-0.1, -0.05) is 18.7 Å². The average Bonchev–Trinajstić information content (AvgIpc) is 2.16. The quantitative estimate of drug-likeness (QED) is 0.741. The molecule has 0 aliphatic carbocycles. The van der Waals surface area contributed by atoms with Crippen LogP contribution in [0.4, 0.5) is 0 Å². The Kier molecular flexibility index (Phi) is 3.48. The maximum atomic E-state index is 5.20. The van der Waals surface area contributed by atoms with Crippen LogP contribution in [0.3, 0.4) is 0 Å². The predicted octanol–water partition coefficient (Wildman–Crippen LogP) is 2.96. The lowest BCUT2D eigenvalue weighted by Gasteiger charge is -2.14. The smallest absolute Gasteiger partial charge is 0.126 e. The summed E-state index contributed by atoms with van der Waals surface area (Å²) in [6.45, 7) is 1.94. The van der Waals surface area contributed by atoms with Gasteiger partial charge in [-0.2, -0.15) is 0 Å². The number of rotatable bonds is 3. The van der Waals surface area contributed by atoms with E-state index in [1.165, 1.54) is 0 Å². The van der Waals surface area contributed by atoms with Crippen molar-refractivity contribution >= 4 is 12.6 Å². The van der Waals surface area contributed by atoms with Gasteiger partial charge in [0.05, 0.1) is 14.2 Å². The second-order valence-electron chi connectivity index (χ2n) is 2.72. The van der Waals surface area contributed by atoms with E-state index < -0.39 is 0 Å². The molecule has 1 atom stereocenters. The summed E-state index contributed by atoms with van der Waals surface area (Å²) in [5.74, 6) is 1.59. The molecule has 0 spiro atoms. The van der Waals surface area contributed by atoms with Crippen molar-refractivity contribution in [1.82, 2.24) is 0 Å². The molecule has 0 saturated carbocycles. The molecule has 13 heavy (non-hydrogen) atoms. The van der Waals surface area contributed by atoms with Gasteiger partial charge >= 0.3 is 0 Å². The van der Waals surface area contributed by atoms with Gasteiger partial charge in [-0.25, -0.2) is 0 Å². The number of hydrogen-bond acceptors (Lipinski definition) is 2. The lowest BCUT2D eigenvalue weighted by molar-refractivity contribution is 0.386. The van der Waals surface area contributed by atoms with E-state index in [4.69, 9.17) is 22.1 Å². The molecule has 0 bridgehead atoms. The summed E-state index contributed by atoms with van der Waals surface area (Å²) in [4.78, 5) is 0. The van der Waals surface area contributed by atoms with Crippen LogP contribution in [-0.2, 0) is 0 Å². The molecule has 1 unspecified atom stereocenters. The van der Waals surface area contributed by atoms with E-state index in [9.17, 15) is 0 Å². The third kappa shape index (κ3) is 2.10. The first kappa shape index (κ1) is 10.3. The van der Waals surface area contributed by atoms with E-state index in [-0.39, 0.29) is 5.25 Å². The van der Waals surface area contributed by atoms with Gasteiger partial charge in [-0.05, 0) is 19.1 Å². The van der Waals surface area contributed by atoms with Gasteiger partial charge in [0.15, 0.2) is 0 Å². The molecule has 3 heteroatoms. The highest BCUT2D eigenvalue weighted by atomic mass is 32.1. The van der Waals surface area contributed by atoms with Crippen LogP contribution in [0.25, 0.3) is 0 Å². The van der Waals surface area contributed by atoms with Crippen LogP contribution in [-0.4, -0.2) is 14.2 Å². The van der Waals surface area contributed by atoms with Crippen LogP contribution < -0.4 is 9.47 Å². The fourth-order valence-corrected chi connectivity index (χ4v) is 1.51. The van der Waals surface area contributed by atoms with E-state index in [1.54, 1.807) is 14.2 Å². The number of methoxy groups -OCH3 is 2. The van der Waals surface area contributed by atoms with Crippen molar-refractivity contribution in [3.05, 3.63) is 23.8 Å². The Morgan fingerprint density at radius 2 is 1.62 bits per heavy atom. The van der Waals surface area contributed by atoms with Gasteiger partial charge in [0.1, 0.15) is 11.5 Å². The Balaban J connectivity index is 3.21. The molecule has 0 aromatic heterocycles. The van der Waals surface area contributed by atoms with Crippen LogP contribution in [0.1, 0.15) is 17.7 Å². The monoisotopic (exact) mass is 197 g/mol. The van der Waals surface area contributed by atoms with Gasteiger partial charge in [0, 0.05) is 10.8 Å². The summed E-state index contributed by atoms with van der Waals surface area (Å²) in [6.07, 6.45) is 0. The van der Waals surface area contributed by atoms with Crippen molar-refractivity contribution in [2.75, 3.05) is 14.2 Å². The zero-order chi connectivity index (χ0) is 9.84. The van der Waals surface area contributed by atoms with E-state index in [0.717, 1.165) is 17.1 Å². The second-order valence-corrected chi connectivity index (χ2v) is 3.43. The molecule has 0 heterocycles. The predicted molar refractivity (Wildman–Crippen MR) is 55.6 cm³/mol. The number of ether oxygens (including phenoxy) is 2. The topological polar surface area (TPSA) is 18.5 Å². The molecule has 1 radical (unpaired) electrons. The lowest BCUT2D eigenvalue weighted by Crippen LogP contribution is -1.96. The lowest BCUT2D eigenvalue weighted by atomic mass is 10.1. The largest absolute Gasteiger partial charge is 0.496 e. The standard InChI is InChI=1S/C10H13O2S/c1-7(13)10-8(11-2)5-4-6-9(10)12-3/h4-7H,1-3H3. The van der Waals surface area contributed by atoms with E-state index in [1.807, 2.05) is 25.1 Å². The Morgan fingerprint density at radius 1 is 1.15 bits per heavy atom. The van der Waals surface area contributed by atoms with E-state index in [0.29, 0.717) is 0 Å². The molecule has 2 nitrogen and oxygen atoms in total. The first-order chi connectivity index (χ1) is 6.20. The van der Waals surface area contributed by atoms with Crippen LogP contribution in [0, 0.1) is 0 Å². The Morgan fingerprint density at radius 3 is 1.92 bits per heavy atom. The third-order valence-corrected chi connectivity index (χ3v) is 2.11. The molecule has 1 rings (SSSR count). The molecule has 0 fully saturated rings. The van der Waals surface area contributed by atoms with Crippen LogP contribution in [0.5, 0.6) is 11.5 Å². The minimum atomic E-state index is -0.00824. The molecule has 0 aliphatic rings. The van der Waals surface area contributed by atoms with Crippen molar-refractivity contribution in [2.45, 2.75) is 12.2 Å². The van der Waals surface area contributed by atoms with Gasteiger partial charge < -0.3 is 9.47 Å². The molecule has 0 saturated heterocycles. The summed E-state index contributed by atoms with van der Waals surface area (Å²) in [7, 11) is 3.27. The molecule has 0 N–H and O–H groups in total. The number of hydrogen-bond donors (Lipinski definition) is 0. The summed E-state index contributed by atoms with van der Waals surface area (Å²) in [5, 5.41) is -0.00824. The third-order valence-electron chi connectivity index (χ3n) is 1.87. The van der Waals surface area contributed by atoms with Crippen molar-refractivity contribution in [3.8, 4) is 11.5 Å². The van der Waals surface area contributed by atoms with Crippen molar-refractivity contribution in [3.63, 3.8) is 0 Å². The molecule has 0 amide bonds. The Labute approximate surface area is 84.3 Å². The zero-order valence-electron chi connectivity index (χ0n) is 8.03. The van der Waals surface area contributed by atoms with Crippen LogP contribution >= 0.6 is 12.6 Å². The molecule has 1 aromatic carbocycles. The van der Waals surface area contributed by atoms with Crippen LogP contribution in [0.2, 0.25) is 0 Å². The maximum Gasteiger partial charge on any atom is 0.126 e. The first-order valence-corrected chi connectivity index (χ1v) is 4.54. The minimum absolute atomic E-state index is 0.00824. The van der Waals surface area contributed by atoms with Gasteiger partial charge in [-0.3, -0.25) is 0 Å². The minimum Gasteiger partial charge on any atom is -0.496 e. The molecule has 0 aliphatic heterocycles. The van der Waals surface area contributed by atoms with Crippen molar-refractivity contribution in [1.29, 1.82) is 0 Å². The Bertz CT molecular complexity index is 262. The first-order valence-electron chi connectivity index (χ1n) is 4.07. The molecule has 71 valence electrons. The SMILES string of the molecule is COc1cccc(OC)c1C(C)[S]. The summed E-state index contributed by atoms with van der Waals surface area (Å²) in [6, 6.07) is 5.67. The van der Waals surface area contributed by atoms with E-state index in [2.05, 4.69) is 0 Å². The molecular formula is C10H13O2S. The normalized spacial score (nSPS) is 12.3. The fourth-order valence-electron chi connectivity index (χ4n) is 1.28. The van der Waals surface area contributed by atoms with Crippen LogP contribution in [0.15, 0.2) is 18.2 Å². The number of benzene rings is 1. The highest BCUT2D eigenvalue weighted by molar-refractivity contribution is 7.80.